The molecule has 0 aliphatic rings. The van der Waals surface area contributed by atoms with Crippen LogP contribution in [-0.2, 0) is 0 Å². The van der Waals surface area contributed by atoms with Crippen molar-refractivity contribution in [1.82, 2.24) is 0 Å². The van der Waals surface area contributed by atoms with E-state index < -0.39 is 12.1 Å². The second-order valence-electron chi connectivity index (χ2n) is 2.84. The zero-order valence-corrected chi connectivity index (χ0v) is 9.60. The summed E-state index contributed by atoms with van der Waals surface area (Å²) in [6.07, 6.45) is -0.778. The van der Waals surface area contributed by atoms with Crippen LogP contribution in [0.3, 0.4) is 0 Å². The van der Waals surface area contributed by atoms with Gasteiger partial charge in [0.2, 0.25) is 0 Å². The van der Waals surface area contributed by atoms with Crippen LogP contribution in [0.5, 0.6) is 0 Å². The van der Waals surface area contributed by atoms with Gasteiger partial charge >= 0.3 is 0 Å². The first-order valence-electron chi connectivity index (χ1n) is 3.86. The van der Waals surface area contributed by atoms with Crippen molar-refractivity contribution in [2.75, 3.05) is 6.61 Å². The third kappa shape index (κ3) is 2.51. The average molecular weight is 266 g/mol. The topological polar surface area (TPSA) is 66.5 Å². The van der Waals surface area contributed by atoms with E-state index in [1.165, 1.54) is 11.3 Å². The quantitative estimate of drug-likeness (QED) is 0.769. The first-order valence-corrected chi connectivity index (χ1v) is 5.47. The van der Waals surface area contributed by atoms with Crippen molar-refractivity contribution in [2.45, 2.75) is 19.1 Å². The molecule has 0 spiro atoms. The molecular formula is C8H12BrNO2S. The van der Waals surface area contributed by atoms with E-state index in [0.29, 0.717) is 0 Å². The van der Waals surface area contributed by atoms with E-state index in [4.69, 9.17) is 10.8 Å². The minimum Gasteiger partial charge on any atom is -0.395 e. The van der Waals surface area contributed by atoms with Gasteiger partial charge in [-0.3, -0.25) is 0 Å². The number of aliphatic hydroxyl groups is 2. The maximum Gasteiger partial charge on any atom is 0.105 e. The molecule has 13 heavy (non-hydrogen) atoms. The molecule has 0 bridgehead atoms. The molecule has 1 aromatic rings. The van der Waals surface area contributed by atoms with Crippen molar-refractivity contribution in [3.8, 4) is 0 Å². The summed E-state index contributed by atoms with van der Waals surface area (Å²) in [5.41, 5.74) is 5.50. The monoisotopic (exact) mass is 265 g/mol. The maximum absolute atomic E-state index is 9.63. The zero-order valence-electron chi connectivity index (χ0n) is 7.20. The molecule has 1 aromatic heterocycles. The molecule has 0 aliphatic heterocycles. The van der Waals surface area contributed by atoms with Gasteiger partial charge in [-0.05, 0) is 28.9 Å². The molecule has 3 nitrogen and oxygen atoms in total. The van der Waals surface area contributed by atoms with Gasteiger partial charge in [0.15, 0.2) is 0 Å². The van der Waals surface area contributed by atoms with Gasteiger partial charge in [0.1, 0.15) is 6.10 Å². The molecular weight excluding hydrogens is 254 g/mol. The Morgan fingerprint density at radius 1 is 1.69 bits per heavy atom. The lowest BCUT2D eigenvalue weighted by Crippen LogP contribution is -2.31. The highest BCUT2D eigenvalue weighted by atomic mass is 79.9. The molecule has 2 atom stereocenters. The number of thiophene rings is 1. The maximum atomic E-state index is 9.63. The van der Waals surface area contributed by atoms with Gasteiger partial charge in [-0.15, -0.1) is 11.3 Å². The Balaban J connectivity index is 2.82. The molecule has 0 radical (unpaired) electrons. The lowest BCUT2D eigenvalue weighted by Gasteiger charge is -2.14. The fourth-order valence-electron chi connectivity index (χ4n) is 0.938. The fraction of sp³-hybridized carbons (Fsp3) is 0.500. The minimum absolute atomic E-state index is 0.213. The van der Waals surface area contributed by atoms with Crippen LogP contribution >= 0.6 is 27.3 Å². The van der Waals surface area contributed by atoms with Gasteiger partial charge in [0.05, 0.1) is 12.6 Å². The van der Waals surface area contributed by atoms with Crippen LogP contribution < -0.4 is 5.73 Å². The van der Waals surface area contributed by atoms with Crippen molar-refractivity contribution in [3.63, 3.8) is 0 Å². The normalized spacial score (nSPS) is 15.8. The lowest BCUT2D eigenvalue weighted by molar-refractivity contribution is 0.112. The van der Waals surface area contributed by atoms with Gasteiger partial charge < -0.3 is 15.9 Å². The van der Waals surface area contributed by atoms with E-state index in [1.807, 2.05) is 13.0 Å². The summed E-state index contributed by atoms with van der Waals surface area (Å²) < 4.78 is 0.969. The Kier molecular flexibility index (Phi) is 3.87. The molecule has 5 heteroatoms. The van der Waals surface area contributed by atoms with Crippen molar-refractivity contribution < 1.29 is 10.2 Å². The summed E-state index contributed by atoms with van der Waals surface area (Å²) in [5, 5.41) is 18.4. The molecule has 0 amide bonds. The van der Waals surface area contributed by atoms with Crippen molar-refractivity contribution in [2.24, 2.45) is 5.73 Å². The highest BCUT2D eigenvalue weighted by Gasteiger charge is 2.18. The summed E-state index contributed by atoms with van der Waals surface area (Å²) in [7, 11) is 0. The molecule has 74 valence electrons. The zero-order chi connectivity index (χ0) is 10.0. The third-order valence-corrected chi connectivity index (χ3v) is 3.99. The Bertz CT molecular complexity index is 270. The van der Waals surface area contributed by atoms with Crippen LogP contribution in [0, 0.1) is 6.92 Å². The summed E-state index contributed by atoms with van der Waals surface area (Å²) in [6, 6.07) is 1.23. The number of hydrogen-bond acceptors (Lipinski definition) is 4. The van der Waals surface area contributed by atoms with Crippen LogP contribution in [0.4, 0.5) is 0 Å². The first-order chi connectivity index (χ1) is 6.06. The number of aryl methyl sites for hydroxylation is 1. The smallest absolute Gasteiger partial charge is 0.105 e. The predicted molar refractivity (Wildman–Crippen MR) is 56.8 cm³/mol. The van der Waals surface area contributed by atoms with E-state index in [1.54, 1.807) is 0 Å². The molecule has 1 heterocycles. The highest BCUT2D eigenvalue weighted by Crippen LogP contribution is 2.31. The third-order valence-electron chi connectivity index (χ3n) is 1.78. The van der Waals surface area contributed by atoms with Crippen molar-refractivity contribution in [1.29, 1.82) is 0 Å². The molecule has 1 rings (SSSR count). The molecule has 0 saturated heterocycles. The fourth-order valence-corrected chi connectivity index (χ4v) is 2.56. The lowest BCUT2D eigenvalue weighted by atomic mass is 10.1. The molecule has 0 aromatic carbocycles. The molecule has 0 aliphatic carbocycles. The predicted octanol–water partition coefficient (Wildman–Crippen LogP) is 1.17. The van der Waals surface area contributed by atoms with Crippen molar-refractivity contribution in [3.05, 3.63) is 20.3 Å². The number of aliphatic hydroxyl groups excluding tert-OH is 2. The Hall–Kier alpha value is 0.0600. The summed E-state index contributed by atoms with van der Waals surface area (Å²) in [6.45, 7) is 1.74. The van der Waals surface area contributed by atoms with E-state index in [-0.39, 0.29) is 6.61 Å². The second kappa shape index (κ2) is 4.52. The minimum atomic E-state index is -0.778. The number of rotatable bonds is 3. The van der Waals surface area contributed by atoms with Gasteiger partial charge in [-0.2, -0.15) is 0 Å². The average Bonchev–Trinajstić information content (AvgIpc) is 2.44. The van der Waals surface area contributed by atoms with E-state index in [2.05, 4.69) is 15.9 Å². The first kappa shape index (κ1) is 11.1. The number of halogens is 1. The van der Waals surface area contributed by atoms with Crippen LogP contribution in [0.15, 0.2) is 10.5 Å². The summed E-state index contributed by atoms with van der Waals surface area (Å²) in [5.74, 6) is 0. The van der Waals surface area contributed by atoms with E-state index in [9.17, 15) is 5.11 Å². The highest BCUT2D eigenvalue weighted by molar-refractivity contribution is 9.10. The Labute approximate surface area is 89.3 Å². The number of nitrogens with two attached hydrogens (primary N) is 1. The summed E-state index contributed by atoms with van der Waals surface area (Å²) in [4.78, 5) is 1.88. The van der Waals surface area contributed by atoms with Crippen LogP contribution in [0.2, 0.25) is 0 Å². The molecule has 4 N–H and O–H groups in total. The number of hydrogen-bond donors (Lipinski definition) is 3. The largest absolute Gasteiger partial charge is 0.395 e. The van der Waals surface area contributed by atoms with Gasteiger partial charge in [0.25, 0.3) is 0 Å². The SMILES string of the molecule is Cc1sc(C(O)C(N)CO)cc1Br. The van der Waals surface area contributed by atoms with E-state index >= 15 is 0 Å². The Morgan fingerprint density at radius 3 is 2.69 bits per heavy atom. The van der Waals surface area contributed by atoms with Gasteiger partial charge in [-0.1, -0.05) is 0 Å². The summed E-state index contributed by atoms with van der Waals surface area (Å²) >= 11 is 4.83. The van der Waals surface area contributed by atoms with Crippen LogP contribution in [-0.4, -0.2) is 22.9 Å². The second-order valence-corrected chi connectivity index (χ2v) is 4.99. The molecule has 2 unspecified atom stereocenters. The molecule has 0 fully saturated rings. The standard InChI is InChI=1S/C8H12BrNO2S/c1-4-5(9)2-7(13-4)8(12)6(10)3-11/h2,6,8,11-12H,3,10H2,1H3. The van der Waals surface area contributed by atoms with Gasteiger partial charge in [0, 0.05) is 14.2 Å². The van der Waals surface area contributed by atoms with Crippen molar-refractivity contribution >= 4 is 27.3 Å². The Morgan fingerprint density at radius 2 is 2.31 bits per heavy atom. The van der Waals surface area contributed by atoms with Crippen LogP contribution in [0.25, 0.3) is 0 Å². The molecule has 0 saturated carbocycles. The van der Waals surface area contributed by atoms with Crippen LogP contribution in [0.1, 0.15) is 15.9 Å². The van der Waals surface area contributed by atoms with Gasteiger partial charge in [-0.25, -0.2) is 0 Å². The van der Waals surface area contributed by atoms with E-state index in [0.717, 1.165) is 14.2 Å².